The first-order valence-electron chi connectivity index (χ1n) is 5.69. The topological polar surface area (TPSA) is 58.6 Å². The Labute approximate surface area is 102 Å². The van der Waals surface area contributed by atoms with Crippen LogP contribution in [0.5, 0.6) is 5.75 Å². The minimum absolute atomic E-state index is 0.0268. The molecule has 4 nitrogen and oxygen atoms in total. The molecule has 0 aliphatic carbocycles. The summed E-state index contributed by atoms with van der Waals surface area (Å²) in [6.07, 6.45) is 0.682. The Morgan fingerprint density at radius 1 is 1.41 bits per heavy atom. The van der Waals surface area contributed by atoms with Crippen LogP contribution in [0.3, 0.4) is 0 Å². The van der Waals surface area contributed by atoms with Crippen LogP contribution in [0.15, 0.2) is 24.3 Å². The van der Waals surface area contributed by atoms with Gasteiger partial charge in [0.2, 0.25) is 5.91 Å². The van der Waals surface area contributed by atoms with E-state index < -0.39 is 0 Å². The fraction of sp³-hybridized carbons (Fsp3) is 0.462. The highest BCUT2D eigenvalue weighted by Crippen LogP contribution is 2.14. The zero-order chi connectivity index (χ0) is 12.7. The lowest BCUT2D eigenvalue weighted by Crippen LogP contribution is -2.32. The van der Waals surface area contributed by atoms with Gasteiger partial charge in [0.05, 0.1) is 13.7 Å². The molecule has 1 amide bonds. The smallest absolute Gasteiger partial charge is 0.223 e. The molecule has 94 valence electrons. The van der Waals surface area contributed by atoms with Crippen molar-refractivity contribution >= 4 is 5.91 Å². The number of aliphatic hydroxyl groups is 1. The first-order valence-corrected chi connectivity index (χ1v) is 5.69. The van der Waals surface area contributed by atoms with Crippen LogP contribution < -0.4 is 10.1 Å². The number of hydrogen-bond acceptors (Lipinski definition) is 3. The summed E-state index contributed by atoms with van der Waals surface area (Å²) in [4.78, 5) is 11.6. The Bertz CT molecular complexity index is 348. The summed E-state index contributed by atoms with van der Waals surface area (Å²) in [5, 5.41) is 11.3. The first-order chi connectivity index (χ1) is 8.17. The first kappa shape index (κ1) is 13.5. The van der Waals surface area contributed by atoms with E-state index in [0.29, 0.717) is 13.0 Å². The zero-order valence-corrected chi connectivity index (χ0v) is 10.3. The van der Waals surface area contributed by atoms with Gasteiger partial charge >= 0.3 is 0 Å². The van der Waals surface area contributed by atoms with E-state index in [4.69, 9.17) is 9.84 Å². The van der Waals surface area contributed by atoms with Crippen molar-refractivity contribution in [1.82, 2.24) is 5.32 Å². The van der Waals surface area contributed by atoms with Crippen molar-refractivity contribution in [3.63, 3.8) is 0 Å². The van der Waals surface area contributed by atoms with Crippen LogP contribution in [0, 0.1) is 5.92 Å². The predicted molar refractivity (Wildman–Crippen MR) is 66.0 cm³/mol. The van der Waals surface area contributed by atoms with Gasteiger partial charge < -0.3 is 15.2 Å². The molecule has 0 aromatic heterocycles. The van der Waals surface area contributed by atoms with E-state index in [1.165, 1.54) is 0 Å². The van der Waals surface area contributed by atoms with Gasteiger partial charge in [-0.15, -0.1) is 0 Å². The van der Waals surface area contributed by atoms with E-state index in [0.717, 1.165) is 11.3 Å². The van der Waals surface area contributed by atoms with Crippen LogP contribution in [0.1, 0.15) is 12.5 Å². The van der Waals surface area contributed by atoms with Gasteiger partial charge in [0.15, 0.2) is 0 Å². The third-order valence-corrected chi connectivity index (χ3v) is 2.56. The second-order valence-corrected chi connectivity index (χ2v) is 3.97. The second-order valence-electron chi connectivity index (χ2n) is 3.97. The van der Waals surface area contributed by atoms with Crippen molar-refractivity contribution in [3.05, 3.63) is 29.8 Å². The molecule has 1 rings (SSSR count). The standard InChI is InChI=1S/C13H19NO3/c1-10(13(16)14-7-8-15)9-11-3-5-12(17-2)6-4-11/h3-6,10,15H,7-9H2,1-2H3,(H,14,16). The number of carbonyl (C=O) groups excluding carboxylic acids is 1. The molecule has 0 aliphatic rings. The van der Waals surface area contributed by atoms with Gasteiger partial charge in [-0.25, -0.2) is 0 Å². The van der Waals surface area contributed by atoms with Gasteiger partial charge in [0, 0.05) is 12.5 Å². The van der Waals surface area contributed by atoms with Crippen molar-refractivity contribution in [2.45, 2.75) is 13.3 Å². The lowest BCUT2D eigenvalue weighted by molar-refractivity contribution is -0.124. The van der Waals surface area contributed by atoms with Crippen LogP contribution >= 0.6 is 0 Å². The Hall–Kier alpha value is -1.55. The molecule has 4 heteroatoms. The van der Waals surface area contributed by atoms with E-state index in [2.05, 4.69) is 5.32 Å². The lowest BCUT2D eigenvalue weighted by Gasteiger charge is -2.11. The van der Waals surface area contributed by atoms with Crippen LogP contribution in [0.4, 0.5) is 0 Å². The van der Waals surface area contributed by atoms with Gasteiger partial charge in [-0.3, -0.25) is 4.79 Å². The van der Waals surface area contributed by atoms with Gasteiger partial charge in [0.1, 0.15) is 5.75 Å². The quantitative estimate of drug-likeness (QED) is 0.775. The third kappa shape index (κ3) is 4.44. The minimum Gasteiger partial charge on any atom is -0.497 e. The molecule has 1 atom stereocenters. The Morgan fingerprint density at radius 2 is 2.06 bits per heavy atom. The highest BCUT2D eigenvalue weighted by atomic mass is 16.5. The van der Waals surface area contributed by atoms with E-state index >= 15 is 0 Å². The lowest BCUT2D eigenvalue weighted by atomic mass is 10.0. The van der Waals surface area contributed by atoms with Gasteiger partial charge in [-0.05, 0) is 24.1 Å². The van der Waals surface area contributed by atoms with Crippen LogP contribution in [0.25, 0.3) is 0 Å². The van der Waals surface area contributed by atoms with E-state index in [9.17, 15) is 4.79 Å². The number of amides is 1. The SMILES string of the molecule is COc1ccc(CC(C)C(=O)NCCO)cc1. The average molecular weight is 237 g/mol. The zero-order valence-electron chi connectivity index (χ0n) is 10.3. The fourth-order valence-corrected chi connectivity index (χ4v) is 1.56. The number of rotatable bonds is 6. The second kappa shape index (κ2) is 6.91. The summed E-state index contributed by atoms with van der Waals surface area (Å²) < 4.78 is 5.07. The Morgan fingerprint density at radius 3 is 2.59 bits per heavy atom. The van der Waals surface area contributed by atoms with E-state index in [1.807, 2.05) is 31.2 Å². The molecule has 1 aromatic rings. The minimum atomic E-state index is -0.102. The number of carbonyl (C=O) groups is 1. The van der Waals surface area contributed by atoms with Crippen LogP contribution in [0.2, 0.25) is 0 Å². The highest BCUT2D eigenvalue weighted by Gasteiger charge is 2.12. The molecule has 0 aliphatic heterocycles. The molecule has 0 fully saturated rings. The van der Waals surface area contributed by atoms with Crippen LogP contribution in [-0.4, -0.2) is 31.3 Å². The number of hydrogen-bond donors (Lipinski definition) is 2. The normalized spacial score (nSPS) is 11.9. The maximum absolute atomic E-state index is 11.6. The van der Waals surface area contributed by atoms with Crippen molar-refractivity contribution in [3.8, 4) is 5.75 Å². The number of methoxy groups -OCH3 is 1. The molecule has 1 aromatic carbocycles. The van der Waals surface area contributed by atoms with Gasteiger partial charge in [0.25, 0.3) is 0 Å². The Balaban J connectivity index is 2.49. The molecule has 2 N–H and O–H groups in total. The summed E-state index contributed by atoms with van der Waals surface area (Å²) in [7, 11) is 1.62. The third-order valence-electron chi connectivity index (χ3n) is 2.56. The molecule has 0 saturated heterocycles. The maximum Gasteiger partial charge on any atom is 0.223 e. The highest BCUT2D eigenvalue weighted by molar-refractivity contribution is 5.78. The maximum atomic E-state index is 11.6. The molecule has 17 heavy (non-hydrogen) atoms. The Kier molecular flexibility index (Phi) is 5.49. The predicted octanol–water partition coefficient (Wildman–Crippen LogP) is 0.982. The summed E-state index contributed by atoms with van der Waals surface area (Å²) in [6, 6.07) is 7.67. The fourth-order valence-electron chi connectivity index (χ4n) is 1.56. The molecule has 0 saturated carbocycles. The molecule has 0 radical (unpaired) electrons. The van der Waals surface area contributed by atoms with Crippen LogP contribution in [-0.2, 0) is 11.2 Å². The monoisotopic (exact) mass is 237 g/mol. The van der Waals surface area contributed by atoms with Crippen molar-refractivity contribution in [2.75, 3.05) is 20.3 Å². The molecular weight excluding hydrogens is 218 g/mol. The number of benzene rings is 1. The molecule has 0 spiro atoms. The number of ether oxygens (including phenoxy) is 1. The summed E-state index contributed by atoms with van der Waals surface area (Å²) in [6.45, 7) is 2.16. The van der Waals surface area contributed by atoms with Gasteiger partial charge in [-0.1, -0.05) is 19.1 Å². The molecule has 0 heterocycles. The average Bonchev–Trinajstić information content (AvgIpc) is 2.36. The molecule has 0 bridgehead atoms. The largest absolute Gasteiger partial charge is 0.497 e. The van der Waals surface area contributed by atoms with Gasteiger partial charge in [-0.2, -0.15) is 0 Å². The molecular formula is C13H19NO3. The van der Waals surface area contributed by atoms with Crippen molar-refractivity contribution in [1.29, 1.82) is 0 Å². The van der Waals surface area contributed by atoms with E-state index in [-0.39, 0.29) is 18.4 Å². The number of aliphatic hydroxyl groups excluding tert-OH is 1. The summed E-state index contributed by atoms with van der Waals surface area (Å²) in [5.41, 5.74) is 1.09. The molecule has 1 unspecified atom stereocenters. The van der Waals surface area contributed by atoms with Crippen molar-refractivity contribution < 1.29 is 14.6 Å². The number of nitrogens with one attached hydrogen (secondary N) is 1. The van der Waals surface area contributed by atoms with E-state index in [1.54, 1.807) is 7.11 Å². The van der Waals surface area contributed by atoms with Crippen molar-refractivity contribution in [2.24, 2.45) is 5.92 Å². The summed E-state index contributed by atoms with van der Waals surface area (Å²) in [5.74, 6) is 0.677. The summed E-state index contributed by atoms with van der Waals surface area (Å²) >= 11 is 0.